The Morgan fingerprint density at radius 2 is 1.74 bits per heavy atom. The SMILES string of the molecule is FCCOc1ccc(C2CCCC2)c2ccccc12. The quantitative estimate of drug-likeness (QED) is 0.762. The topological polar surface area (TPSA) is 9.23 Å². The lowest BCUT2D eigenvalue weighted by Gasteiger charge is -2.16. The van der Waals surface area contributed by atoms with Crippen LogP contribution in [0, 0.1) is 0 Å². The zero-order valence-electron chi connectivity index (χ0n) is 11.1. The molecule has 19 heavy (non-hydrogen) atoms. The van der Waals surface area contributed by atoms with Gasteiger partial charge in [-0.3, -0.25) is 0 Å². The third-order valence-electron chi connectivity index (χ3n) is 4.05. The second-order valence-electron chi connectivity index (χ2n) is 5.22. The maximum absolute atomic E-state index is 12.3. The summed E-state index contributed by atoms with van der Waals surface area (Å²) in [5.74, 6) is 1.48. The van der Waals surface area contributed by atoms with Crippen LogP contribution in [0.3, 0.4) is 0 Å². The first kappa shape index (κ1) is 12.5. The van der Waals surface area contributed by atoms with Crippen molar-refractivity contribution in [3.05, 3.63) is 42.0 Å². The van der Waals surface area contributed by atoms with Crippen molar-refractivity contribution >= 4 is 10.8 Å². The highest BCUT2D eigenvalue weighted by Gasteiger charge is 2.19. The Bertz CT molecular complexity index is 558. The van der Waals surface area contributed by atoms with Gasteiger partial charge in [-0.15, -0.1) is 0 Å². The van der Waals surface area contributed by atoms with Crippen molar-refractivity contribution < 1.29 is 9.13 Å². The molecule has 0 bridgehead atoms. The molecule has 3 rings (SSSR count). The van der Waals surface area contributed by atoms with E-state index in [4.69, 9.17) is 4.74 Å². The van der Waals surface area contributed by atoms with Gasteiger partial charge in [-0.2, -0.15) is 0 Å². The van der Waals surface area contributed by atoms with Crippen LogP contribution in [0.4, 0.5) is 4.39 Å². The normalized spacial score (nSPS) is 16.1. The molecule has 2 heteroatoms. The first-order chi connectivity index (χ1) is 9.40. The Labute approximate surface area is 113 Å². The van der Waals surface area contributed by atoms with Crippen molar-refractivity contribution in [2.45, 2.75) is 31.6 Å². The number of alkyl halides is 1. The second-order valence-corrected chi connectivity index (χ2v) is 5.22. The van der Waals surface area contributed by atoms with Crippen LogP contribution in [0.2, 0.25) is 0 Å². The molecule has 2 aromatic carbocycles. The van der Waals surface area contributed by atoms with E-state index in [0.29, 0.717) is 5.92 Å². The van der Waals surface area contributed by atoms with Crippen molar-refractivity contribution in [3.63, 3.8) is 0 Å². The Balaban J connectivity index is 2.05. The molecule has 1 fully saturated rings. The molecule has 0 saturated heterocycles. The summed E-state index contributed by atoms with van der Waals surface area (Å²) in [6.45, 7) is -0.314. The van der Waals surface area contributed by atoms with E-state index in [1.54, 1.807) is 0 Å². The number of rotatable bonds is 4. The highest BCUT2D eigenvalue weighted by atomic mass is 19.1. The minimum absolute atomic E-state index is 0.132. The van der Waals surface area contributed by atoms with Gasteiger partial charge in [-0.05, 0) is 35.8 Å². The molecular weight excluding hydrogens is 239 g/mol. The number of halogens is 1. The Hall–Kier alpha value is -1.57. The summed E-state index contributed by atoms with van der Waals surface area (Å²) >= 11 is 0. The third-order valence-corrected chi connectivity index (χ3v) is 4.05. The molecule has 2 aromatic rings. The van der Waals surface area contributed by atoms with E-state index in [0.717, 1.165) is 11.1 Å². The molecule has 0 spiro atoms. The maximum atomic E-state index is 12.3. The van der Waals surface area contributed by atoms with E-state index in [2.05, 4.69) is 24.3 Å². The predicted molar refractivity (Wildman–Crippen MR) is 76.6 cm³/mol. The van der Waals surface area contributed by atoms with Gasteiger partial charge in [0.1, 0.15) is 19.0 Å². The molecule has 0 heterocycles. The van der Waals surface area contributed by atoms with Crippen LogP contribution in [0.25, 0.3) is 10.8 Å². The Morgan fingerprint density at radius 1 is 1.00 bits per heavy atom. The third kappa shape index (κ3) is 2.44. The highest BCUT2D eigenvalue weighted by molar-refractivity contribution is 5.91. The molecular formula is C17H19FO. The first-order valence-electron chi connectivity index (χ1n) is 7.10. The predicted octanol–water partition coefficient (Wildman–Crippen LogP) is 4.85. The van der Waals surface area contributed by atoms with Gasteiger partial charge in [-0.25, -0.2) is 4.39 Å². The van der Waals surface area contributed by atoms with Crippen LogP contribution >= 0.6 is 0 Å². The summed E-state index contributed by atoms with van der Waals surface area (Å²) in [5.41, 5.74) is 1.43. The fourth-order valence-corrected chi connectivity index (χ4v) is 3.16. The van der Waals surface area contributed by atoms with Gasteiger partial charge in [0, 0.05) is 5.39 Å². The van der Waals surface area contributed by atoms with E-state index in [1.807, 2.05) is 12.1 Å². The Morgan fingerprint density at radius 3 is 2.47 bits per heavy atom. The molecule has 1 nitrogen and oxygen atoms in total. The van der Waals surface area contributed by atoms with Crippen LogP contribution in [0.15, 0.2) is 36.4 Å². The van der Waals surface area contributed by atoms with Crippen molar-refractivity contribution in [3.8, 4) is 5.75 Å². The van der Waals surface area contributed by atoms with Gasteiger partial charge in [0.15, 0.2) is 0 Å². The van der Waals surface area contributed by atoms with Crippen molar-refractivity contribution in [2.24, 2.45) is 0 Å². The van der Waals surface area contributed by atoms with E-state index in [-0.39, 0.29) is 6.61 Å². The van der Waals surface area contributed by atoms with Crippen LogP contribution in [0.5, 0.6) is 5.75 Å². The molecule has 0 unspecified atom stereocenters. The maximum Gasteiger partial charge on any atom is 0.127 e. The minimum Gasteiger partial charge on any atom is -0.490 e. The van der Waals surface area contributed by atoms with Gasteiger partial charge in [-0.1, -0.05) is 43.2 Å². The standard InChI is InChI=1S/C17H19FO/c18-11-12-19-17-10-9-14(13-5-1-2-6-13)15-7-3-4-8-16(15)17/h3-4,7-10,13H,1-2,5-6,11-12H2. The smallest absolute Gasteiger partial charge is 0.127 e. The second kappa shape index (κ2) is 5.60. The van der Waals surface area contributed by atoms with Gasteiger partial charge in [0.2, 0.25) is 0 Å². The zero-order valence-corrected chi connectivity index (χ0v) is 11.1. The highest BCUT2D eigenvalue weighted by Crippen LogP contribution is 2.39. The van der Waals surface area contributed by atoms with Crippen LogP contribution in [0.1, 0.15) is 37.2 Å². The summed E-state index contributed by atoms with van der Waals surface area (Å²) in [5, 5.41) is 2.38. The Kier molecular flexibility index (Phi) is 3.67. The molecule has 0 radical (unpaired) electrons. The largest absolute Gasteiger partial charge is 0.490 e. The summed E-state index contributed by atoms with van der Waals surface area (Å²) in [6, 6.07) is 12.5. The summed E-state index contributed by atoms with van der Waals surface area (Å²) < 4.78 is 17.8. The molecule has 0 amide bonds. The number of hydrogen-bond donors (Lipinski definition) is 0. The number of ether oxygens (including phenoxy) is 1. The molecule has 1 aliphatic carbocycles. The van der Waals surface area contributed by atoms with Crippen LogP contribution < -0.4 is 4.74 Å². The van der Waals surface area contributed by atoms with E-state index in [9.17, 15) is 4.39 Å². The van der Waals surface area contributed by atoms with E-state index in [1.165, 1.54) is 36.6 Å². The van der Waals surface area contributed by atoms with Crippen molar-refractivity contribution in [2.75, 3.05) is 13.3 Å². The van der Waals surface area contributed by atoms with Crippen molar-refractivity contribution in [1.29, 1.82) is 0 Å². The van der Waals surface area contributed by atoms with Crippen LogP contribution in [-0.4, -0.2) is 13.3 Å². The zero-order chi connectivity index (χ0) is 13.1. The summed E-state index contributed by atoms with van der Waals surface area (Å²) in [6.07, 6.45) is 5.24. The van der Waals surface area contributed by atoms with Gasteiger partial charge in [0.25, 0.3) is 0 Å². The monoisotopic (exact) mass is 258 g/mol. The summed E-state index contributed by atoms with van der Waals surface area (Å²) in [4.78, 5) is 0. The minimum atomic E-state index is -0.446. The van der Waals surface area contributed by atoms with Crippen LogP contribution in [-0.2, 0) is 0 Å². The number of benzene rings is 2. The van der Waals surface area contributed by atoms with E-state index >= 15 is 0 Å². The summed E-state index contributed by atoms with van der Waals surface area (Å²) in [7, 11) is 0. The molecule has 0 aromatic heterocycles. The average molecular weight is 258 g/mol. The average Bonchev–Trinajstić information content (AvgIpc) is 2.98. The fraction of sp³-hybridized carbons (Fsp3) is 0.412. The van der Waals surface area contributed by atoms with E-state index < -0.39 is 6.67 Å². The molecule has 100 valence electrons. The number of hydrogen-bond acceptors (Lipinski definition) is 1. The molecule has 1 aliphatic rings. The van der Waals surface area contributed by atoms with Gasteiger partial charge in [0.05, 0.1) is 0 Å². The molecule has 0 aliphatic heterocycles. The lowest BCUT2D eigenvalue weighted by molar-refractivity contribution is 0.276. The lowest BCUT2D eigenvalue weighted by atomic mass is 9.92. The van der Waals surface area contributed by atoms with Gasteiger partial charge < -0.3 is 4.74 Å². The first-order valence-corrected chi connectivity index (χ1v) is 7.10. The number of fused-ring (bicyclic) bond motifs is 1. The molecule has 1 saturated carbocycles. The lowest BCUT2D eigenvalue weighted by Crippen LogP contribution is -2.01. The molecule has 0 N–H and O–H groups in total. The fourth-order valence-electron chi connectivity index (χ4n) is 3.16. The van der Waals surface area contributed by atoms with Crippen molar-refractivity contribution in [1.82, 2.24) is 0 Å². The van der Waals surface area contributed by atoms with Gasteiger partial charge >= 0.3 is 0 Å². The molecule has 0 atom stereocenters.